The molecule has 3 rings (SSSR count). The molecule has 0 radical (unpaired) electrons. The molecular weight excluding hydrogens is 262 g/mol. The van der Waals surface area contributed by atoms with Gasteiger partial charge in [-0.1, -0.05) is 73.2 Å². The molecule has 1 fully saturated rings. The third-order valence-corrected chi connectivity index (χ3v) is 3.66. The molecule has 1 aliphatic heterocycles. The fraction of sp³-hybridized carbons (Fsp3) is 0.222. The van der Waals surface area contributed by atoms with Gasteiger partial charge in [-0.15, -0.1) is 12.1 Å². The topological polar surface area (TPSA) is 38.3 Å². The minimum absolute atomic E-state index is 0.0869. The number of nitrogens with one attached hydrogen (secondary N) is 1. The van der Waals surface area contributed by atoms with Gasteiger partial charge in [0.2, 0.25) is 5.91 Å². The Balaban J connectivity index is 1.67. The van der Waals surface area contributed by atoms with E-state index in [1.165, 1.54) is 5.56 Å². The summed E-state index contributed by atoms with van der Waals surface area (Å²) in [6.07, 6.45) is 0.981. The number of hydrogen-bond donors (Lipinski definition) is 1. The van der Waals surface area contributed by atoms with E-state index >= 15 is 0 Å². The second-order valence-corrected chi connectivity index (χ2v) is 5.35. The second-order valence-electron chi connectivity index (χ2n) is 5.35. The summed E-state index contributed by atoms with van der Waals surface area (Å²) in [4.78, 5) is 12.1. The summed E-state index contributed by atoms with van der Waals surface area (Å²) in [5.74, 6) is 0.0566. The van der Waals surface area contributed by atoms with Gasteiger partial charge in [0.25, 0.3) is 0 Å². The molecule has 1 amide bonds. The third-order valence-electron chi connectivity index (χ3n) is 3.66. The normalized spacial score (nSPS) is 20.2. The van der Waals surface area contributed by atoms with Crippen molar-refractivity contribution in [3.8, 4) is 0 Å². The minimum atomic E-state index is -0.528. The lowest BCUT2D eigenvalue weighted by molar-refractivity contribution is -0.123. The molecular formula is C18H18NO2-. The first-order chi connectivity index (χ1) is 10.2. The highest BCUT2D eigenvalue weighted by atomic mass is 16.5. The highest BCUT2D eigenvalue weighted by Crippen LogP contribution is 2.32. The van der Waals surface area contributed by atoms with Crippen LogP contribution in [0.4, 0.5) is 0 Å². The van der Waals surface area contributed by atoms with E-state index in [-0.39, 0.29) is 11.8 Å². The molecule has 2 aromatic carbocycles. The summed E-state index contributed by atoms with van der Waals surface area (Å²) in [7, 11) is 0. The molecule has 21 heavy (non-hydrogen) atoms. The van der Waals surface area contributed by atoms with Crippen LogP contribution in [-0.2, 0) is 16.0 Å². The van der Waals surface area contributed by atoms with E-state index in [1.807, 2.05) is 48.5 Å². The molecule has 3 heteroatoms. The molecule has 1 aliphatic rings. The Morgan fingerprint density at radius 3 is 2.38 bits per heavy atom. The average Bonchev–Trinajstić information content (AvgIpc) is 2.91. The van der Waals surface area contributed by atoms with Crippen molar-refractivity contribution in [1.29, 1.82) is 0 Å². The maximum Gasteiger partial charge on any atom is 0.224 e. The van der Waals surface area contributed by atoms with Crippen LogP contribution in [0.15, 0.2) is 60.7 Å². The van der Waals surface area contributed by atoms with Gasteiger partial charge in [0.1, 0.15) is 6.10 Å². The van der Waals surface area contributed by atoms with Crippen LogP contribution in [0.3, 0.4) is 0 Å². The molecule has 0 aliphatic carbocycles. The molecule has 1 heterocycles. The van der Waals surface area contributed by atoms with Crippen molar-refractivity contribution in [3.05, 3.63) is 78.0 Å². The lowest BCUT2D eigenvalue weighted by Gasteiger charge is -2.32. The zero-order valence-electron chi connectivity index (χ0n) is 12.0. The van der Waals surface area contributed by atoms with Crippen LogP contribution in [0.5, 0.6) is 0 Å². The summed E-state index contributed by atoms with van der Waals surface area (Å²) >= 11 is 0. The maximum atomic E-state index is 12.1. The van der Waals surface area contributed by atoms with Crippen LogP contribution in [0.25, 0.3) is 0 Å². The number of benzene rings is 2. The molecule has 1 N–H and O–H groups in total. The van der Waals surface area contributed by atoms with E-state index in [2.05, 4.69) is 24.4 Å². The Morgan fingerprint density at radius 2 is 1.71 bits per heavy atom. The van der Waals surface area contributed by atoms with Gasteiger partial charge in [0, 0.05) is 0 Å². The van der Waals surface area contributed by atoms with Gasteiger partial charge >= 0.3 is 0 Å². The average molecular weight is 280 g/mol. The SMILES string of the molecule is CC(Cc1ccccc1)[C-]1NC(=O)C(c2ccccc2)O1. The lowest BCUT2D eigenvalue weighted by Crippen LogP contribution is -2.26. The van der Waals surface area contributed by atoms with Crippen molar-refractivity contribution >= 4 is 5.91 Å². The minimum Gasteiger partial charge on any atom is -0.516 e. The number of hydrogen-bond acceptors (Lipinski definition) is 2. The molecule has 3 nitrogen and oxygen atoms in total. The number of carbonyl (C=O) groups excluding carboxylic acids is 1. The van der Waals surface area contributed by atoms with Gasteiger partial charge in [-0.2, -0.15) is 0 Å². The third kappa shape index (κ3) is 3.14. The number of amides is 1. The van der Waals surface area contributed by atoms with Gasteiger partial charge in [0.05, 0.1) is 0 Å². The fourth-order valence-corrected chi connectivity index (χ4v) is 2.54. The summed E-state index contributed by atoms with van der Waals surface area (Å²) in [6.45, 7) is 2.07. The number of ether oxygens (including phenoxy) is 1. The predicted molar refractivity (Wildman–Crippen MR) is 81.0 cm³/mol. The number of carbonyl (C=O) groups is 1. The zero-order chi connectivity index (χ0) is 14.7. The first-order valence-corrected chi connectivity index (χ1v) is 7.17. The van der Waals surface area contributed by atoms with Crippen LogP contribution >= 0.6 is 0 Å². The van der Waals surface area contributed by atoms with Crippen molar-refractivity contribution in [2.24, 2.45) is 5.92 Å². The van der Waals surface area contributed by atoms with Crippen molar-refractivity contribution in [2.45, 2.75) is 19.4 Å². The Hall–Kier alpha value is -2.13. The highest BCUT2D eigenvalue weighted by Gasteiger charge is 2.27. The molecule has 2 atom stereocenters. The van der Waals surface area contributed by atoms with Crippen molar-refractivity contribution in [2.75, 3.05) is 0 Å². The van der Waals surface area contributed by atoms with E-state index in [9.17, 15) is 4.79 Å². The quantitative estimate of drug-likeness (QED) is 0.873. The van der Waals surface area contributed by atoms with Crippen LogP contribution in [-0.4, -0.2) is 5.91 Å². The van der Waals surface area contributed by atoms with Crippen LogP contribution in [0, 0.1) is 12.1 Å². The zero-order valence-corrected chi connectivity index (χ0v) is 12.0. The van der Waals surface area contributed by atoms with Crippen molar-refractivity contribution < 1.29 is 9.53 Å². The second kappa shape index (κ2) is 6.10. The molecule has 1 saturated heterocycles. The monoisotopic (exact) mass is 280 g/mol. The molecule has 2 aromatic rings. The molecule has 2 unspecified atom stereocenters. The summed E-state index contributed by atoms with van der Waals surface area (Å²) in [6, 6.07) is 19.8. The first kappa shape index (κ1) is 13.8. The van der Waals surface area contributed by atoms with Gasteiger partial charge in [-0.05, 0) is 12.0 Å². The van der Waals surface area contributed by atoms with E-state index in [4.69, 9.17) is 4.74 Å². The Morgan fingerprint density at radius 1 is 1.10 bits per heavy atom. The Kier molecular flexibility index (Phi) is 4.02. The summed E-state index contributed by atoms with van der Waals surface area (Å²) < 4.78 is 5.85. The first-order valence-electron chi connectivity index (χ1n) is 7.17. The summed E-state index contributed by atoms with van der Waals surface area (Å²) in [5, 5.41) is 2.88. The smallest absolute Gasteiger partial charge is 0.224 e. The number of rotatable bonds is 4. The van der Waals surface area contributed by atoms with Crippen LogP contribution < -0.4 is 5.32 Å². The van der Waals surface area contributed by atoms with E-state index in [0.717, 1.165) is 12.0 Å². The van der Waals surface area contributed by atoms with Crippen LogP contribution in [0.2, 0.25) is 0 Å². The summed E-state index contributed by atoms with van der Waals surface area (Å²) in [5.41, 5.74) is 2.12. The maximum absolute atomic E-state index is 12.1. The highest BCUT2D eigenvalue weighted by molar-refractivity contribution is 5.85. The Bertz CT molecular complexity index is 597. The van der Waals surface area contributed by atoms with Crippen molar-refractivity contribution in [3.63, 3.8) is 0 Å². The van der Waals surface area contributed by atoms with Crippen LogP contribution in [0.1, 0.15) is 24.2 Å². The van der Waals surface area contributed by atoms with Gasteiger partial charge < -0.3 is 10.1 Å². The fourth-order valence-electron chi connectivity index (χ4n) is 2.54. The predicted octanol–water partition coefficient (Wildman–Crippen LogP) is 3.24. The molecule has 0 saturated carbocycles. The van der Waals surface area contributed by atoms with E-state index < -0.39 is 6.10 Å². The van der Waals surface area contributed by atoms with Gasteiger partial charge in [-0.25, -0.2) is 0 Å². The largest absolute Gasteiger partial charge is 0.516 e. The van der Waals surface area contributed by atoms with E-state index in [0.29, 0.717) is 6.23 Å². The van der Waals surface area contributed by atoms with Crippen molar-refractivity contribution in [1.82, 2.24) is 5.32 Å². The molecule has 0 aromatic heterocycles. The Labute approximate surface area is 124 Å². The molecule has 0 bridgehead atoms. The molecule has 0 spiro atoms. The van der Waals surface area contributed by atoms with Gasteiger partial charge in [-0.3, -0.25) is 4.79 Å². The standard InChI is InChI=1S/C18H18NO2/c1-13(12-14-8-4-2-5-9-14)18-19-17(20)16(21-18)15-10-6-3-7-11-15/h2-11,13,16H,12H2,1H3,(H,19,20)/q-1. The van der Waals surface area contributed by atoms with E-state index in [1.54, 1.807) is 0 Å². The van der Waals surface area contributed by atoms with Gasteiger partial charge in [0.15, 0.2) is 0 Å². The molecule has 108 valence electrons. The lowest BCUT2D eigenvalue weighted by atomic mass is 10.00.